The normalized spacial score (nSPS) is 19.9. The highest BCUT2D eigenvalue weighted by Gasteiger charge is 2.28. The average molecular weight is 489 g/mol. The lowest BCUT2D eigenvalue weighted by molar-refractivity contribution is -0.117. The highest BCUT2D eigenvalue weighted by molar-refractivity contribution is 6.09. The van der Waals surface area contributed by atoms with Crippen LogP contribution in [0.15, 0.2) is 48.5 Å². The van der Waals surface area contributed by atoms with Crippen molar-refractivity contribution in [3.8, 4) is 0 Å². The summed E-state index contributed by atoms with van der Waals surface area (Å²) in [5.74, 6) is -0.373. The molecule has 5 rings (SSSR count). The van der Waals surface area contributed by atoms with Crippen LogP contribution in [-0.4, -0.2) is 54.3 Å². The van der Waals surface area contributed by atoms with E-state index in [0.717, 1.165) is 38.0 Å². The molecule has 0 spiro atoms. The van der Waals surface area contributed by atoms with Crippen molar-refractivity contribution in [3.63, 3.8) is 0 Å². The zero-order valence-electron chi connectivity index (χ0n) is 20.9. The van der Waals surface area contributed by atoms with E-state index in [1.165, 1.54) is 32.1 Å². The lowest BCUT2D eigenvalue weighted by atomic mass is 9.92. The Hall–Kier alpha value is -3.19. The van der Waals surface area contributed by atoms with E-state index < -0.39 is 0 Å². The summed E-state index contributed by atoms with van der Waals surface area (Å²) >= 11 is 0. The van der Waals surface area contributed by atoms with Gasteiger partial charge in [0.1, 0.15) is 0 Å². The van der Waals surface area contributed by atoms with Crippen LogP contribution in [-0.2, 0) is 4.79 Å². The molecule has 0 radical (unpaired) electrons. The molecule has 2 N–H and O–H groups in total. The van der Waals surface area contributed by atoms with Crippen LogP contribution in [0.25, 0.3) is 0 Å². The Balaban J connectivity index is 1.20. The molecule has 7 heteroatoms. The molecule has 2 heterocycles. The van der Waals surface area contributed by atoms with Gasteiger partial charge in [0.2, 0.25) is 5.91 Å². The van der Waals surface area contributed by atoms with Crippen LogP contribution in [0.4, 0.5) is 11.4 Å². The minimum Gasteiger partial charge on any atom is -0.349 e. The highest BCUT2D eigenvalue weighted by Crippen LogP contribution is 2.26. The molecule has 2 aromatic carbocycles. The largest absolute Gasteiger partial charge is 0.349 e. The SMILES string of the molecule is O=C(Nc1ccccc1C(=O)NC1CCN(C2CCCCC2)CC1)c1cccc(N2CCCC2=O)c1. The molecule has 0 aromatic heterocycles. The molecular formula is C29H36N4O3. The minimum atomic E-state index is -0.301. The van der Waals surface area contributed by atoms with Crippen molar-refractivity contribution in [1.29, 1.82) is 0 Å². The summed E-state index contributed by atoms with van der Waals surface area (Å²) in [5.41, 5.74) is 2.14. The lowest BCUT2D eigenvalue weighted by Gasteiger charge is -2.39. The Morgan fingerprint density at radius 3 is 2.33 bits per heavy atom. The maximum absolute atomic E-state index is 13.2. The molecule has 2 saturated heterocycles. The van der Waals surface area contributed by atoms with E-state index in [1.807, 2.05) is 18.2 Å². The molecule has 2 aromatic rings. The fourth-order valence-electron chi connectivity index (χ4n) is 5.84. The van der Waals surface area contributed by atoms with Crippen LogP contribution in [0.2, 0.25) is 0 Å². The molecule has 3 fully saturated rings. The lowest BCUT2D eigenvalue weighted by Crippen LogP contribution is -2.48. The van der Waals surface area contributed by atoms with Gasteiger partial charge in [-0.2, -0.15) is 0 Å². The molecule has 2 aliphatic heterocycles. The predicted octanol–water partition coefficient (Wildman–Crippen LogP) is 4.59. The van der Waals surface area contributed by atoms with Gasteiger partial charge < -0.3 is 20.4 Å². The number of carbonyl (C=O) groups is 3. The van der Waals surface area contributed by atoms with Crippen molar-refractivity contribution in [2.24, 2.45) is 0 Å². The third-order valence-corrected chi connectivity index (χ3v) is 7.87. The zero-order valence-corrected chi connectivity index (χ0v) is 20.9. The van der Waals surface area contributed by atoms with Crippen LogP contribution in [0.1, 0.15) is 78.5 Å². The van der Waals surface area contributed by atoms with Gasteiger partial charge in [-0.3, -0.25) is 14.4 Å². The summed E-state index contributed by atoms with van der Waals surface area (Å²) in [4.78, 5) is 42.7. The number of anilines is 2. The monoisotopic (exact) mass is 488 g/mol. The molecule has 36 heavy (non-hydrogen) atoms. The Morgan fingerprint density at radius 1 is 0.806 bits per heavy atom. The van der Waals surface area contributed by atoms with Crippen LogP contribution in [0.5, 0.6) is 0 Å². The first kappa shape index (κ1) is 24.5. The van der Waals surface area contributed by atoms with E-state index in [-0.39, 0.29) is 23.8 Å². The predicted molar refractivity (Wildman–Crippen MR) is 141 cm³/mol. The third kappa shape index (κ3) is 5.62. The molecule has 0 bridgehead atoms. The van der Waals surface area contributed by atoms with E-state index in [0.29, 0.717) is 35.8 Å². The maximum atomic E-state index is 13.2. The number of piperidine rings is 1. The van der Waals surface area contributed by atoms with E-state index in [2.05, 4.69) is 15.5 Å². The third-order valence-electron chi connectivity index (χ3n) is 7.87. The number of hydrogen-bond donors (Lipinski definition) is 2. The van der Waals surface area contributed by atoms with Gasteiger partial charge in [-0.15, -0.1) is 0 Å². The van der Waals surface area contributed by atoms with Crippen LogP contribution < -0.4 is 15.5 Å². The number of rotatable bonds is 6. The topological polar surface area (TPSA) is 81.8 Å². The van der Waals surface area contributed by atoms with Crippen molar-refractivity contribution in [1.82, 2.24) is 10.2 Å². The molecule has 1 aliphatic carbocycles. The van der Waals surface area contributed by atoms with Crippen molar-refractivity contribution in [3.05, 3.63) is 59.7 Å². The van der Waals surface area contributed by atoms with Crippen LogP contribution in [0, 0.1) is 0 Å². The molecule has 3 aliphatic rings. The van der Waals surface area contributed by atoms with Crippen LogP contribution in [0.3, 0.4) is 0 Å². The van der Waals surface area contributed by atoms with Gasteiger partial charge in [-0.05, 0) is 62.4 Å². The first-order valence-corrected chi connectivity index (χ1v) is 13.4. The molecule has 0 atom stereocenters. The summed E-state index contributed by atoms with van der Waals surface area (Å²) in [6.07, 6.45) is 9.94. The maximum Gasteiger partial charge on any atom is 0.255 e. The Labute approximate surface area is 213 Å². The number of hydrogen-bond acceptors (Lipinski definition) is 4. The quantitative estimate of drug-likeness (QED) is 0.623. The number of nitrogens with zero attached hydrogens (tertiary/aromatic N) is 2. The molecule has 3 amide bonds. The summed E-state index contributed by atoms with van der Waals surface area (Å²) in [5, 5.41) is 6.11. The molecule has 0 unspecified atom stereocenters. The second-order valence-electron chi connectivity index (χ2n) is 10.3. The average Bonchev–Trinajstić information content (AvgIpc) is 3.36. The van der Waals surface area contributed by atoms with E-state index >= 15 is 0 Å². The number of carbonyl (C=O) groups excluding carboxylic acids is 3. The fourth-order valence-corrected chi connectivity index (χ4v) is 5.84. The summed E-state index contributed by atoms with van der Waals surface area (Å²) in [6, 6.07) is 15.1. The van der Waals surface area contributed by atoms with Crippen LogP contribution >= 0.6 is 0 Å². The molecule has 190 valence electrons. The van der Waals surface area contributed by atoms with Crippen molar-refractivity contribution in [2.45, 2.75) is 69.9 Å². The van der Waals surface area contributed by atoms with Gasteiger partial charge >= 0.3 is 0 Å². The standard InChI is InChI=1S/C29H36N4O3/c34-27-14-7-17-33(27)24-11-6-8-21(20-24)28(35)31-26-13-5-4-12-25(26)29(36)30-22-15-18-32(19-16-22)23-9-2-1-3-10-23/h4-6,8,11-13,20,22-23H,1-3,7,9-10,14-19H2,(H,30,36)(H,31,35). The summed E-state index contributed by atoms with van der Waals surface area (Å²) < 4.78 is 0. The number of benzene rings is 2. The Morgan fingerprint density at radius 2 is 1.58 bits per heavy atom. The number of nitrogens with one attached hydrogen (secondary N) is 2. The van der Waals surface area contributed by atoms with E-state index in [1.54, 1.807) is 35.2 Å². The number of amides is 3. The van der Waals surface area contributed by atoms with Gasteiger partial charge in [0.15, 0.2) is 0 Å². The second-order valence-corrected chi connectivity index (χ2v) is 10.3. The van der Waals surface area contributed by atoms with Crippen molar-refractivity contribution < 1.29 is 14.4 Å². The Bertz CT molecular complexity index is 1100. The minimum absolute atomic E-state index is 0.0825. The van der Waals surface area contributed by atoms with Crippen molar-refractivity contribution in [2.75, 3.05) is 29.9 Å². The Kier molecular flexibility index (Phi) is 7.66. The van der Waals surface area contributed by atoms with E-state index in [9.17, 15) is 14.4 Å². The van der Waals surface area contributed by atoms with Gasteiger partial charge in [-0.25, -0.2) is 0 Å². The fraction of sp³-hybridized carbons (Fsp3) is 0.483. The summed E-state index contributed by atoms with van der Waals surface area (Å²) in [7, 11) is 0. The molecular weight excluding hydrogens is 452 g/mol. The van der Waals surface area contributed by atoms with Gasteiger partial charge in [0.05, 0.1) is 11.3 Å². The first-order chi connectivity index (χ1) is 17.6. The summed E-state index contributed by atoms with van der Waals surface area (Å²) in [6.45, 7) is 2.74. The second kappa shape index (κ2) is 11.2. The smallest absolute Gasteiger partial charge is 0.255 e. The van der Waals surface area contributed by atoms with Gasteiger partial charge in [0, 0.05) is 49.4 Å². The highest BCUT2D eigenvalue weighted by atomic mass is 16.2. The van der Waals surface area contributed by atoms with E-state index in [4.69, 9.17) is 0 Å². The number of para-hydroxylation sites is 1. The first-order valence-electron chi connectivity index (χ1n) is 13.4. The molecule has 7 nitrogen and oxygen atoms in total. The van der Waals surface area contributed by atoms with Gasteiger partial charge in [-0.1, -0.05) is 37.5 Å². The van der Waals surface area contributed by atoms with Gasteiger partial charge in [0.25, 0.3) is 11.8 Å². The zero-order chi connectivity index (χ0) is 24.9. The molecule has 1 saturated carbocycles. The number of likely N-dealkylation sites (tertiary alicyclic amines) is 1. The van der Waals surface area contributed by atoms with Crippen molar-refractivity contribution >= 4 is 29.1 Å².